The van der Waals surface area contributed by atoms with Gasteiger partial charge in [0.15, 0.2) is 11.5 Å². The monoisotopic (exact) mass is 386 g/mol. The van der Waals surface area contributed by atoms with Gasteiger partial charge in [0.2, 0.25) is 11.7 Å². The molecule has 2 aromatic rings. The SMILES string of the molecule is C/C=C(\c1ccc(OC)c(NC(=O)CN)c1)c1cc(OC)c(OC)c(OC)c1. The fourth-order valence-electron chi connectivity index (χ4n) is 2.91. The summed E-state index contributed by atoms with van der Waals surface area (Å²) in [4.78, 5) is 11.8. The van der Waals surface area contributed by atoms with Gasteiger partial charge in [0, 0.05) is 0 Å². The van der Waals surface area contributed by atoms with E-state index in [0.717, 1.165) is 16.7 Å². The predicted molar refractivity (Wildman–Crippen MR) is 110 cm³/mol. The molecule has 2 rings (SSSR count). The lowest BCUT2D eigenvalue weighted by molar-refractivity contribution is -0.114. The van der Waals surface area contributed by atoms with Gasteiger partial charge < -0.3 is 30.0 Å². The van der Waals surface area contributed by atoms with Gasteiger partial charge in [0.1, 0.15) is 5.75 Å². The average Bonchev–Trinajstić information content (AvgIpc) is 2.73. The maximum absolute atomic E-state index is 11.8. The molecule has 7 nitrogen and oxygen atoms in total. The van der Waals surface area contributed by atoms with E-state index in [1.165, 1.54) is 0 Å². The Kier molecular flexibility index (Phi) is 7.28. The van der Waals surface area contributed by atoms with E-state index in [0.29, 0.717) is 28.7 Å². The van der Waals surface area contributed by atoms with Crippen LogP contribution in [0, 0.1) is 0 Å². The largest absolute Gasteiger partial charge is 0.495 e. The summed E-state index contributed by atoms with van der Waals surface area (Å²) in [5.74, 6) is 1.88. The van der Waals surface area contributed by atoms with Crippen molar-refractivity contribution in [3.63, 3.8) is 0 Å². The minimum absolute atomic E-state index is 0.114. The highest BCUT2D eigenvalue weighted by molar-refractivity contribution is 5.95. The van der Waals surface area contributed by atoms with Gasteiger partial charge in [-0.1, -0.05) is 12.1 Å². The highest BCUT2D eigenvalue weighted by Gasteiger charge is 2.17. The highest BCUT2D eigenvalue weighted by Crippen LogP contribution is 2.41. The summed E-state index contributed by atoms with van der Waals surface area (Å²) in [6.07, 6.45) is 1.97. The molecule has 3 N–H and O–H groups in total. The van der Waals surface area contributed by atoms with Gasteiger partial charge in [-0.3, -0.25) is 4.79 Å². The third-order valence-electron chi connectivity index (χ3n) is 4.23. The number of ether oxygens (including phenoxy) is 4. The van der Waals surface area contributed by atoms with Crippen molar-refractivity contribution in [1.82, 2.24) is 0 Å². The van der Waals surface area contributed by atoms with Gasteiger partial charge >= 0.3 is 0 Å². The zero-order valence-electron chi connectivity index (χ0n) is 16.8. The van der Waals surface area contributed by atoms with E-state index in [4.69, 9.17) is 24.7 Å². The summed E-state index contributed by atoms with van der Waals surface area (Å²) < 4.78 is 21.6. The Bertz CT molecular complexity index is 852. The summed E-state index contributed by atoms with van der Waals surface area (Å²) >= 11 is 0. The van der Waals surface area contributed by atoms with Crippen LogP contribution >= 0.6 is 0 Å². The number of anilines is 1. The quantitative estimate of drug-likeness (QED) is 0.724. The van der Waals surface area contributed by atoms with Crippen LogP contribution in [0.3, 0.4) is 0 Å². The second-order valence-electron chi connectivity index (χ2n) is 5.78. The van der Waals surface area contributed by atoms with Crippen molar-refractivity contribution in [1.29, 1.82) is 0 Å². The zero-order valence-corrected chi connectivity index (χ0v) is 16.8. The topological polar surface area (TPSA) is 92.0 Å². The Morgan fingerprint density at radius 2 is 1.54 bits per heavy atom. The molecule has 0 fully saturated rings. The van der Waals surface area contributed by atoms with Crippen LogP contribution in [-0.4, -0.2) is 40.9 Å². The number of benzene rings is 2. The summed E-state index contributed by atoms with van der Waals surface area (Å²) in [6, 6.07) is 9.29. The Labute approximate surface area is 165 Å². The molecular formula is C21H26N2O5. The van der Waals surface area contributed by atoms with Gasteiger partial charge in [0.05, 0.1) is 40.7 Å². The van der Waals surface area contributed by atoms with Crippen LogP contribution in [-0.2, 0) is 4.79 Å². The molecule has 0 bridgehead atoms. The molecule has 0 aliphatic heterocycles. The van der Waals surface area contributed by atoms with Crippen LogP contribution < -0.4 is 30.0 Å². The van der Waals surface area contributed by atoms with Crippen molar-refractivity contribution in [2.24, 2.45) is 5.73 Å². The molecule has 0 aromatic heterocycles. The minimum atomic E-state index is -0.301. The molecule has 0 aliphatic rings. The van der Waals surface area contributed by atoms with E-state index in [1.54, 1.807) is 34.5 Å². The molecule has 0 radical (unpaired) electrons. The molecule has 0 saturated carbocycles. The first-order valence-electron chi connectivity index (χ1n) is 8.67. The fraction of sp³-hybridized carbons (Fsp3) is 0.286. The standard InChI is InChI=1S/C21H26N2O5/c1-6-15(14-10-18(26-3)21(28-5)19(11-14)27-4)13-7-8-17(25-2)16(9-13)23-20(24)12-22/h6-11H,12,22H2,1-5H3,(H,23,24)/b15-6+. The smallest absolute Gasteiger partial charge is 0.238 e. The average molecular weight is 386 g/mol. The van der Waals surface area contributed by atoms with Crippen molar-refractivity contribution < 1.29 is 23.7 Å². The highest BCUT2D eigenvalue weighted by atomic mass is 16.5. The van der Waals surface area contributed by atoms with Crippen LogP contribution in [0.2, 0.25) is 0 Å². The molecule has 0 unspecified atom stereocenters. The first-order chi connectivity index (χ1) is 13.5. The van der Waals surface area contributed by atoms with Gasteiger partial charge in [-0.05, 0) is 47.9 Å². The molecule has 2 aromatic carbocycles. The Morgan fingerprint density at radius 1 is 0.929 bits per heavy atom. The Balaban J connectivity index is 2.57. The number of methoxy groups -OCH3 is 4. The van der Waals surface area contributed by atoms with E-state index in [9.17, 15) is 4.79 Å². The lowest BCUT2D eigenvalue weighted by Gasteiger charge is -2.17. The predicted octanol–water partition coefficient (Wildman–Crippen LogP) is 3.07. The number of allylic oxidation sites excluding steroid dienone is 1. The van der Waals surface area contributed by atoms with Crippen molar-refractivity contribution in [2.45, 2.75) is 6.92 Å². The third kappa shape index (κ3) is 4.37. The van der Waals surface area contributed by atoms with E-state index in [1.807, 2.05) is 37.3 Å². The second-order valence-corrected chi connectivity index (χ2v) is 5.78. The third-order valence-corrected chi connectivity index (χ3v) is 4.23. The fourth-order valence-corrected chi connectivity index (χ4v) is 2.91. The van der Waals surface area contributed by atoms with Crippen LogP contribution in [0.15, 0.2) is 36.4 Å². The van der Waals surface area contributed by atoms with E-state index >= 15 is 0 Å². The first-order valence-corrected chi connectivity index (χ1v) is 8.67. The van der Waals surface area contributed by atoms with Crippen LogP contribution in [0.1, 0.15) is 18.1 Å². The normalized spacial score (nSPS) is 11.0. The van der Waals surface area contributed by atoms with E-state index in [-0.39, 0.29) is 12.5 Å². The molecule has 1 amide bonds. The molecule has 28 heavy (non-hydrogen) atoms. The van der Waals surface area contributed by atoms with Crippen LogP contribution in [0.5, 0.6) is 23.0 Å². The minimum Gasteiger partial charge on any atom is -0.495 e. The first kappa shape index (κ1) is 21.1. The van der Waals surface area contributed by atoms with Crippen LogP contribution in [0.4, 0.5) is 5.69 Å². The lowest BCUT2D eigenvalue weighted by atomic mass is 9.96. The van der Waals surface area contributed by atoms with Crippen molar-refractivity contribution in [2.75, 3.05) is 40.3 Å². The molecule has 0 heterocycles. The molecule has 0 spiro atoms. The molecular weight excluding hydrogens is 360 g/mol. The summed E-state index contributed by atoms with van der Waals surface area (Å²) in [6.45, 7) is 1.82. The van der Waals surface area contributed by atoms with Gasteiger partial charge in [-0.2, -0.15) is 0 Å². The van der Waals surface area contributed by atoms with Gasteiger partial charge in [0.25, 0.3) is 0 Å². The second kappa shape index (κ2) is 9.66. The Hall–Kier alpha value is -3.19. The number of carbonyl (C=O) groups excluding carboxylic acids is 1. The molecule has 0 saturated heterocycles. The molecule has 7 heteroatoms. The molecule has 150 valence electrons. The number of hydrogen-bond donors (Lipinski definition) is 2. The van der Waals surface area contributed by atoms with E-state index in [2.05, 4.69) is 5.32 Å². The number of nitrogens with one attached hydrogen (secondary N) is 1. The number of amides is 1. The van der Waals surface area contributed by atoms with Crippen LogP contribution in [0.25, 0.3) is 5.57 Å². The number of nitrogens with two attached hydrogens (primary N) is 1. The lowest BCUT2D eigenvalue weighted by Crippen LogP contribution is -2.22. The van der Waals surface area contributed by atoms with Crippen molar-refractivity contribution in [3.8, 4) is 23.0 Å². The number of hydrogen-bond acceptors (Lipinski definition) is 6. The number of carbonyl (C=O) groups is 1. The summed E-state index contributed by atoms with van der Waals surface area (Å²) in [7, 11) is 6.25. The van der Waals surface area contributed by atoms with Gasteiger partial charge in [-0.15, -0.1) is 0 Å². The maximum Gasteiger partial charge on any atom is 0.238 e. The summed E-state index contributed by atoms with van der Waals surface area (Å²) in [5, 5.41) is 2.76. The van der Waals surface area contributed by atoms with Crippen molar-refractivity contribution in [3.05, 3.63) is 47.5 Å². The Morgan fingerprint density at radius 3 is 2.00 bits per heavy atom. The molecule has 0 aliphatic carbocycles. The molecule has 0 atom stereocenters. The number of rotatable bonds is 8. The summed E-state index contributed by atoms with van der Waals surface area (Å²) in [5.41, 5.74) is 8.63. The van der Waals surface area contributed by atoms with E-state index < -0.39 is 0 Å². The zero-order chi connectivity index (χ0) is 20.7. The van der Waals surface area contributed by atoms with Gasteiger partial charge in [-0.25, -0.2) is 0 Å². The maximum atomic E-state index is 11.8. The van der Waals surface area contributed by atoms with Crippen molar-refractivity contribution >= 4 is 17.2 Å².